The van der Waals surface area contributed by atoms with Crippen LogP contribution in [0.3, 0.4) is 0 Å². The molecule has 15 heavy (non-hydrogen) atoms. The van der Waals surface area contributed by atoms with Gasteiger partial charge in [0.25, 0.3) is 0 Å². The van der Waals surface area contributed by atoms with Crippen LogP contribution < -0.4 is 5.73 Å². The van der Waals surface area contributed by atoms with Crippen molar-refractivity contribution in [1.82, 2.24) is 0 Å². The van der Waals surface area contributed by atoms with Gasteiger partial charge in [-0.2, -0.15) is 0 Å². The monoisotopic (exact) mass is 227 g/mol. The third kappa shape index (κ3) is 4.67. The molecule has 1 aromatic carbocycles. The molecule has 2 unspecified atom stereocenters. The van der Waals surface area contributed by atoms with Crippen LogP contribution in [0.15, 0.2) is 30.3 Å². The molecule has 2 heteroatoms. The van der Waals surface area contributed by atoms with E-state index >= 15 is 0 Å². The van der Waals surface area contributed by atoms with Gasteiger partial charge in [-0.1, -0.05) is 44.2 Å². The second-order valence-electron chi connectivity index (χ2n) is 4.51. The van der Waals surface area contributed by atoms with Crippen molar-refractivity contribution in [3.05, 3.63) is 35.9 Å². The maximum atomic E-state index is 6.02. The maximum absolute atomic E-state index is 6.02. The second-order valence-corrected chi connectivity index (χ2v) is 4.51. The molecule has 0 fully saturated rings. The van der Waals surface area contributed by atoms with E-state index in [1.54, 1.807) is 0 Å². The minimum absolute atomic E-state index is 0. The Morgan fingerprint density at radius 3 is 2.00 bits per heavy atom. The highest BCUT2D eigenvalue weighted by atomic mass is 35.5. The minimum Gasteiger partial charge on any atom is -0.327 e. The Morgan fingerprint density at radius 1 is 1.07 bits per heavy atom. The third-order valence-electron chi connectivity index (χ3n) is 2.59. The lowest BCUT2D eigenvalue weighted by molar-refractivity contribution is 0.450. The molecule has 2 atom stereocenters. The van der Waals surface area contributed by atoms with Gasteiger partial charge in [-0.25, -0.2) is 0 Å². The van der Waals surface area contributed by atoms with Crippen LogP contribution in [0, 0.1) is 5.92 Å². The van der Waals surface area contributed by atoms with E-state index in [1.807, 2.05) is 0 Å². The standard InChI is InChI=1S/C13H21N.ClH/c1-10(2)9-13(11(3)14)12-7-5-4-6-8-12;/h4-8,10-11,13H,9,14H2,1-3H3;1H. The predicted molar refractivity (Wildman–Crippen MR) is 69.5 cm³/mol. The maximum Gasteiger partial charge on any atom is 0.00794 e. The molecule has 1 rings (SSSR count). The number of rotatable bonds is 4. The zero-order valence-electron chi connectivity index (χ0n) is 9.81. The molecule has 86 valence electrons. The number of hydrogen-bond acceptors (Lipinski definition) is 1. The molecule has 0 bridgehead atoms. The lowest BCUT2D eigenvalue weighted by Gasteiger charge is -2.23. The Hall–Kier alpha value is -0.530. The number of nitrogens with two attached hydrogens (primary N) is 1. The first kappa shape index (κ1) is 14.5. The SMILES string of the molecule is CC(C)CC(c1ccccc1)C(C)N.Cl. The summed E-state index contributed by atoms with van der Waals surface area (Å²) >= 11 is 0. The molecule has 0 amide bonds. The summed E-state index contributed by atoms with van der Waals surface area (Å²) in [5, 5.41) is 0. The van der Waals surface area contributed by atoms with Crippen molar-refractivity contribution in [2.45, 2.75) is 39.2 Å². The Bertz CT molecular complexity index is 256. The van der Waals surface area contributed by atoms with E-state index in [1.165, 1.54) is 12.0 Å². The van der Waals surface area contributed by atoms with Gasteiger partial charge in [0.05, 0.1) is 0 Å². The molecule has 0 aliphatic carbocycles. The molecule has 0 radical (unpaired) electrons. The molecule has 0 aliphatic heterocycles. The molecule has 0 saturated heterocycles. The molecule has 2 N–H and O–H groups in total. The van der Waals surface area contributed by atoms with E-state index in [-0.39, 0.29) is 18.4 Å². The van der Waals surface area contributed by atoms with Crippen molar-refractivity contribution in [1.29, 1.82) is 0 Å². The molecule has 0 aliphatic rings. The largest absolute Gasteiger partial charge is 0.327 e. The van der Waals surface area contributed by atoms with E-state index in [0.717, 1.165) is 0 Å². The van der Waals surface area contributed by atoms with Crippen LogP contribution in [0.2, 0.25) is 0 Å². The predicted octanol–water partition coefficient (Wildman–Crippen LogP) is 3.59. The van der Waals surface area contributed by atoms with Crippen molar-refractivity contribution in [2.24, 2.45) is 11.7 Å². The lowest BCUT2D eigenvalue weighted by Crippen LogP contribution is -2.25. The number of hydrogen-bond donors (Lipinski definition) is 1. The Morgan fingerprint density at radius 2 is 1.60 bits per heavy atom. The Labute approximate surface area is 99.5 Å². The van der Waals surface area contributed by atoms with Gasteiger partial charge in [0.15, 0.2) is 0 Å². The molecule has 0 aromatic heterocycles. The molecular formula is C13H22ClN. The highest BCUT2D eigenvalue weighted by Gasteiger charge is 2.16. The summed E-state index contributed by atoms with van der Waals surface area (Å²) in [6, 6.07) is 10.8. The Balaban J connectivity index is 0.00000196. The van der Waals surface area contributed by atoms with Gasteiger partial charge in [-0.3, -0.25) is 0 Å². The van der Waals surface area contributed by atoms with Crippen molar-refractivity contribution < 1.29 is 0 Å². The summed E-state index contributed by atoms with van der Waals surface area (Å²) in [4.78, 5) is 0. The molecule has 0 heterocycles. The third-order valence-corrected chi connectivity index (χ3v) is 2.59. The molecule has 1 aromatic rings. The average Bonchev–Trinajstić information content (AvgIpc) is 2.15. The fourth-order valence-electron chi connectivity index (χ4n) is 1.86. The summed E-state index contributed by atoms with van der Waals surface area (Å²) in [5.41, 5.74) is 7.39. The van der Waals surface area contributed by atoms with Gasteiger partial charge in [-0.15, -0.1) is 12.4 Å². The van der Waals surface area contributed by atoms with Crippen LogP contribution in [-0.2, 0) is 0 Å². The van der Waals surface area contributed by atoms with E-state index < -0.39 is 0 Å². The van der Waals surface area contributed by atoms with E-state index in [0.29, 0.717) is 11.8 Å². The second kappa shape index (κ2) is 6.86. The fraction of sp³-hybridized carbons (Fsp3) is 0.538. The molecule has 0 saturated carbocycles. The van der Waals surface area contributed by atoms with Gasteiger partial charge in [0, 0.05) is 6.04 Å². The van der Waals surface area contributed by atoms with Crippen LogP contribution in [-0.4, -0.2) is 6.04 Å². The first-order valence-corrected chi connectivity index (χ1v) is 5.41. The van der Waals surface area contributed by atoms with Gasteiger partial charge in [0.2, 0.25) is 0 Å². The van der Waals surface area contributed by atoms with Gasteiger partial charge < -0.3 is 5.73 Å². The van der Waals surface area contributed by atoms with Gasteiger partial charge >= 0.3 is 0 Å². The highest BCUT2D eigenvalue weighted by Crippen LogP contribution is 2.25. The quantitative estimate of drug-likeness (QED) is 0.836. The average molecular weight is 228 g/mol. The van der Waals surface area contributed by atoms with Crippen molar-refractivity contribution in [3.63, 3.8) is 0 Å². The summed E-state index contributed by atoms with van der Waals surface area (Å²) in [7, 11) is 0. The van der Waals surface area contributed by atoms with Crippen LogP contribution in [0.4, 0.5) is 0 Å². The van der Waals surface area contributed by atoms with Crippen molar-refractivity contribution in [2.75, 3.05) is 0 Å². The summed E-state index contributed by atoms with van der Waals surface area (Å²) in [5.74, 6) is 1.20. The molecular weight excluding hydrogens is 206 g/mol. The topological polar surface area (TPSA) is 26.0 Å². The summed E-state index contributed by atoms with van der Waals surface area (Å²) in [6.45, 7) is 6.59. The zero-order valence-corrected chi connectivity index (χ0v) is 10.6. The smallest absolute Gasteiger partial charge is 0.00794 e. The van der Waals surface area contributed by atoms with Crippen LogP contribution in [0.25, 0.3) is 0 Å². The molecule has 0 spiro atoms. The lowest BCUT2D eigenvalue weighted by atomic mass is 9.86. The van der Waals surface area contributed by atoms with Crippen LogP contribution in [0.1, 0.15) is 38.7 Å². The fourth-order valence-corrected chi connectivity index (χ4v) is 1.86. The minimum atomic E-state index is 0. The summed E-state index contributed by atoms with van der Waals surface area (Å²) in [6.07, 6.45) is 1.17. The number of benzene rings is 1. The first-order valence-electron chi connectivity index (χ1n) is 5.41. The molecule has 1 nitrogen and oxygen atoms in total. The van der Waals surface area contributed by atoms with Crippen LogP contribution in [0.5, 0.6) is 0 Å². The highest BCUT2D eigenvalue weighted by molar-refractivity contribution is 5.85. The van der Waals surface area contributed by atoms with Gasteiger partial charge in [-0.05, 0) is 30.7 Å². The first-order chi connectivity index (χ1) is 6.61. The van der Waals surface area contributed by atoms with Crippen molar-refractivity contribution >= 4 is 12.4 Å². The van der Waals surface area contributed by atoms with E-state index in [2.05, 4.69) is 51.1 Å². The summed E-state index contributed by atoms with van der Waals surface area (Å²) < 4.78 is 0. The Kier molecular flexibility index (Phi) is 6.62. The van der Waals surface area contributed by atoms with Gasteiger partial charge in [0.1, 0.15) is 0 Å². The van der Waals surface area contributed by atoms with Crippen LogP contribution >= 0.6 is 12.4 Å². The normalized spacial score (nSPS) is 14.5. The van der Waals surface area contributed by atoms with E-state index in [9.17, 15) is 0 Å². The van der Waals surface area contributed by atoms with Crippen molar-refractivity contribution in [3.8, 4) is 0 Å². The number of halogens is 1. The zero-order chi connectivity index (χ0) is 10.6. The van der Waals surface area contributed by atoms with E-state index in [4.69, 9.17) is 5.73 Å².